The van der Waals surface area contributed by atoms with E-state index in [9.17, 15) is 14.3 Å². The molecule has 3 atom stereocenters. The molecule has 1 fully saturated rings. The van der Waals surface area contributed by atoms with Crippen molar-refractivity contribution in [2.24, 2.45) is 0 Å². The Hall–Kier alpha value is -2.48. The Balaban J connectivity index is 1.54. The molecule has 39 heavy (non-hydrogen) atoms. The van der Waals surface area contributed by atoms with E-state index < -0.39 is 6.10 Å². The van der Waals surface area contributed by atoms with Gasteiger partial charge in [0.1, 0.15) is 11.6 Å². The molecular formula is C32H46FNO5. The average molecular weight is 544 g/mol. The van der Waals surface area contributed by atoms with Gasteiger partial charge in [-0.1, -0.05) is 18.2 Å². The van der Waals surface area contributed by atoms with Crippen LogP contribution < -0.4 is 4.74 Å². The van der Waals surface area contributed by atoms with E-state index in [0.717, 1.165) is 67.5 Å². The molecule has 0 spiro atoms. The highest BCUT2D eigenvalue weighted by Crippen LogP contribution is 2.28. The summed E-state index contributed by atoms with van der Waals surface area (Å²) in [4.78, 5) is 14.0. The zero-order chi connectivity index (χ0) is 28.2. The van der Waals surface area contributed by atoms with Gasteiger partial charge in [0, 0.05) is 19.0 Å². The number of carbonyl (C=O) groups is 1. The number of likely N-dealkylation sites (tertiary alicyclic amines) is 1. The van der Waals surface area contributed by atoms with Gasteiger partial charge in [-0.15, -0.1) is 0 Å². The van der Waals surface area contributed by atoms with E-state index in [-0.39, 0.29) is 24.5 Å². The lowest BCUT2D eigenvalue weighted by atomic mass is 9.97. The van der Waals surface area contributed by atoms with Gasteiger partial charge in [0.05, 0.1) is 32.0 Å². The fourth-order valence-corrected chi connectivity index (χ4v) is 5.32. The molecule has 6 nitrogen and oxygen atoms in total. The fraction of sp³-hybridized carbons (Fsp3) is 0.594. The van der Waals surface area contributed by atoms with Crippen LogP contribution in [0.3, 0.4) is 0 Å². The summed E-state index contributed by atoms with van der Waals surface area (Å²) in [7, 11) is 0. The van der Waals surface area contributed by atoms with Gasteiger partial charge in [0.2, 0.25) is 0 Å². The van der Waals surface area contributed by atoms with E-state index in [2.05, 4.69) is 11.0 Å². The molecule has 0 unspecified atom stereocenters. The molecule has 0 bridgehead atoms. The fourth-order valence-electron chi connectivity index (χ4n) is 5.32. The highest BCUT2D eigenvalue weighted by atomic mass is 19.1. The first kappa shape index (κ1) is 31.1. The molecule has 7 heteroatoms. The molecule has 3 rings (SSSR count). The number of carbonyl (C=O) groups excluding carboxylic acids is 1. The largest absolute Gasteiger partial charge is 0.494 e. The number of rotatable bonds is 16. The van der Waals surface area contributed by atoms with Crippen molar-refractivity contribution in [2.45, 2.75) is 90.9 Å². The first-order valence-corrected chi connectivity index (χ1v) is 14.5. The maximum atomic E-state index is 14.0. The molecular weight excluding hydrogens is 497 g/mol. The number of aliphatic hydroxyl groups is 1. The van der Waals surface area contributed by atoms with Crippen LogP contribution in [0.2, 0.25) is 0 Å². The molecule has 0 aliphatic carbocycles. The number of hydrogen-bond acceptors (Lipinski definition) is 6. The molecule has 1 aliphatic heterocycles. The normalized spacial score (nSPS) is 17.2. The molecule has 1 aliphatic rings. The van der Waals surface area contributed by atoms with Gasteiger partial charge < -0.3 is 19.3 Å². The third-order valence-electron chi connectivity index (χ3n) is 7.44. The number of β-amino-alcohol motifs (C(OH)–C–C–N with tert-alkyl or cyclic N) is 1. The van der Waals surface area contributed by atoms with Crippen LogP contribution in [-0.4, -0.2) is 61.0 Å². The minimum absolute atomic E-state index is 0.152. The molecule has 216 valence electrons. The van der Waals surface area contributed by atoms with Crippen LogP contribution in [-0.2, 0) is 27.1 Å². The van der Waals surface area contributed by atoms with E-state index in [1.807, 2.05) is 45.0 Å². The van der Waals surface area contributed by atoms with E-state index in [1.54, 1.807) is 13.0 Å². The summed E-state index contributed by atoms with van der Waals surface area (Å²) < 4.78 is 31.0. The maximum Gasteiger partial charge on any atom is 0.305 e. The summed E-state index contributed by atoms with van der Waals surface area (Å²) in [5.41, 5.74) is 3.87. The summed E-state index contributed by atoms with van der Waals surface area (Å²) in [6.07, 6.45) is 4.96. The Morgan fingerprint density at radius 3 is 2.72 bits per heavy atom. The lowest BCUT2D eigenvalue weighted by molar-refractivity contribution is -0.143. The number of hydrogen-bond donors (Lipinski definition) is 1. The van der Waals surface area contributed by atoms with Gasteiger partial charge in [0.15, 0.2) is 0 Å². The number of nitrogens with zero attached hydrogens (tertiary/aromatic N) is 1. The highest BCUT2D eigenvalue weighted by Gasteiger charge is 2.27. The maximum absolute atomic E-state index is 14.0. The Kier molecular flexibility index (Phi) is 12.7. The number of aliphatic hydroxyl groups excluding tert-OH is 1. The smallest absolute Gasteiger partial charge is 0.305 e. The number of halogens is 1. The number of esters is 1. The van der Waals surface area contributed by atoms with Crippen LogP contribution in [0.1, 0.15) is 81.2 Å². The van der Waals surface area contributed by atoms with E-state index >= 15 is 0 Å². The zero-order valence-corrected chi connectivity index (χ0v) is 24.1. The number of ether oxygens (including phenoxy) is 3. The number of aryl methyl sites for hydroxylation is 2. The number of benzene rings is 2. The summed E-state index contributed by atoms with van der Waals surface area (Å²) in [6.45, 7) is 10.2. The van der Waals surface area contributed by atoms with Crippen molar-refractivity contribution in [1.29, 1.82) is 0 Å². The Bertz CT molecular complexity index is 1050. The second kappa shape index (κ2) is 15.9. The molecule has 0 aromatic heterocycles. The highest BCUT2D eigenvalue weighted by molar-refractivity contribution is 5.69. The van der Waals surface area contributed by atoms with Crippen LogP contribution in [0.15, 0.2) is 36.4 Å². The van der Waals surface area contributed by atoms with Gasteiger partial charge in [0.25, 0.3) is 0 Å². The summed E-state index contributed by atoms with van der Waals surface area (Å²) in [6, 6.07) is 11.8. The van der Waals surface area contributed by atoms with Crippen LogP contribution in [0.25, 0.3) is 0 Å². The van der Waals surface area contributed by atoms with Crippen molar-refractivity contribution >= 4 is 5.97 Å². The molecule has 0 saturated carbocycles. The van der Waals surface area contributed by atoms with Gasteiger partial charge in [-0.3, -0.25) is 9.69 Å². The van der Waals surface area contributed by atoms with Gasteiger partial charge >= 0.3 is 5.97 Å². The van der Waals surface area contributed by atoms with Crippen LogP contribution in [0.5, 0.6) is 5.75 Å². The van der Waals surface area contributed by atoms with E-state index in [1.165, 1.54) is 0 Å². The van der Waals surface area contributed by atoms with Gasteiger partial charge in [-0.05, 0) is 113 Å². The molecule has 2 aromatic rings. The van der Waals surface area contributed by atoms with Crippen molar-refractivity contribution in [1.82, 2.24) is 4.90 Å². The van der Waals surface area contributed by atoms with E-state index in [4.69, 9.17) is 14.2 Å². The topological polar surface area (TPSA) is 68.2 Å². The van der Waals surface area contributed by atoms with Crippen molar-refractivity contribution in [2.75, 3.05) is 32.9 Å². The first-order valence-electron chi connectivity index (χ1n) is 14.5. The average Bonchev–Trinajstić information content (AvgIpc) is 3.34. The quantitative estimate of drug-likeness (QED) is 0.208. The minimum atomic E-state index is -0.620. The standard InChI is InChI=1S/C32H46FNO5/c1-5-37-29-16-15-26(10-7-8-12-32(36)38-6-2)30(20-29)24(4)39-22-28(35)21-34-17-9-11-27(34)18-25-14-13-23(3)31(33)19-25/h13-16,19-20,24,27-28,35H,5-12,17-18,21-22H2,1-4H3/t24-,27+,28-/m1/s1. The second-order valence-corrected chi connectivity index (χ2v) is 10.5. The Labute approximate surface area is 233 Å². The lowest BCUT2D eigenvalue weighted by Gasteiger charge is -2.28. The molecule has 0 amide bonds. The Morgan fingerprint density at radius 1 is 1.15 bits per heavy atom. The third kappa shape index (κ3) is 9.89. The molecule has 2 aromatic carbocycles. The van der Waals surface area contributed by atoms with Crippen molar-refractivity contribution < 1.29 is 28.5 Å². The molecule has 1 heterocycles. The SMILES string of the molecule is CCOC(=O)CCCCc1ccc(OCC)cc1[C@@H](C)OC[C@H](O)CN1CCC[C@H]1Cc1ccc(C)c(F)c1. The predicted octanol–water partition coefficient (Wildman–Crippen LogP) is 5.95. The summed E-state index contributed by atoms with van der Waals surface area (Å²) >= 11 is 0. The molecule has 0 radical (unpaired) electrons. The second-order valence-electron chi connectivity index (χ2n) is 10.5. The van der Waals surface area contributed by atoms with Gasteiger partial charge in [-0.25, -0.2) is 4.39 Å². The summed E-state index contributed by atoms with van der Waals surface area (Å²) in [5.74, 6) is 0.485. The third-order valence-corrected chi connectivity index (χ3v) is 7.44. The first-order chi connectivity index (χ1) is 18.8. The lowest BCUT2D eigenvalue weighted by Crippen LogP contribution is -2.39. The molecule has 1 saturated heterocycles. The monoisotopic (exact) mass is 543 g/mol. The van der Waals surface area contributed by atoms with E-state index in [0.29, 0.717) is 37.8 Å². The molecule has 1 N–H and O–H groups in total. The van der Waals surface area contributed by atoms with Crippen molar-refractivity contribution in [3.8, 4) is 5.75 Å². The van der Waals surface area contributed by atoms with Crippen LogP contribution in [0.4, 0.5) is 4.39 Å². The predicted molar refractivity (Wildman–Crippen MR) is 152 cm³/mol. The summed E-state index contributed by atoms with van der Waals surface area (Å²) in [5, 5.41) is 10.9. The zero-order valence-electron chi connectivity index (χ0n) is 24.1. The van der Waals surface area contributed by atoms with Gasteiger partial charge in [-0.2, -0.15) is 0 Å². The van der Waals surface area contributed by atoms with Crippen LogP contribution >= 0.6 is 0 Å². The van der Waals surface area contributed by atoms with Crippen molar-refractivity contribution in [3.63, 3.8) is 0 Å². The van der Waals surface area contributed by atoms with Crippen molar-refractivity contribution in [3.05, 3.63) is 64.5 Å². The van der Waals surface area contributed by atoms with Crippen LogP contribution in [0, 0.1) is 12.7 Å². The Morgan fingerprint density at radius 2 is 1.97 bits per heavy atom. The minimum Gasteiger partial charge on any atom is -0.494 e. The number of unbranched alkanes of at least 4 members (excludes halogenated alkanes) is 1.